The van der Waals surface area contributed by atoms with Crippen molar-refractivity contribution in [3.8, 4) is 0 Å². The number of rotatable bonds is 5. The summed E-state index contributed by atoms with van der Waals surface area (Å²) in [4.78, 5) is 0. The number of halogens is 2. The van der Waals surface area contributed by atoms with Crippen LogP contribution in [0.1, 0.15) is 12.8 Å². The minimum atomic E-state index is -4.25. The van der Waals surface area contributed by atoms with Gasteiger partial charge < -0.3 is 5.32 Å². The summed E-state index contributed by atoms with van der Waals surface area (Å²) < 4.78 is 52.0. The first-order valence-corrected chi connectivity index (χ1v) is 5.72. The van der Waals surface area contributed by atoms with Crippen LogP contribution in [0.4, 0.5) is 8.78 Å². The Kier molecular flexibility index (Phi) is 10.7. The van der Waals surface area contributed by atoms with Gasteiger partial charge in [0.25, 0.3) is 10.1 Å². The second kappa shape index (κ2) is 9.29. The fraction of sp³-hybridized carbons (Fsp3) is 1.00. The molecule has 2 N–H and O–H groups in total. The molecule has 4 nitrogen and oxygen atoms in total. The topological polar surface area (TPSA) is 66.4 Å². The van der Waals surface area contributed by atoms with Gasteiger partial charge in [-0.1, -0.05) is 0 Å². The molecule has 0 aromatic carbocycles. The van der Waals surface area contributed by atoms with E-state index in [0.29, 0.717) is 0 Å². The first-order chi connectivity index (χ1) is 6.37. The highest BCUT2D eigenvalue weighted by atomic mass is 32.2. The summed E-state index contributed by atoms with van der Waals surface area (Å²) in [5.74, 6) is -0.937. The van der Waals surface area contributed by atoms with Crippen LogP contribution in [0.3, 0.4) is 0 Å². The standard InChI is InChI=1S/C5H10F2O3S.C2H7N/c6-3-1-2-5(7)4-11(8,9)10;1-3-2/h5H,1-4H2,(H,8,9,10);3H,1-2H3. The number of nitrogens with one attached hydrogen (secondary N) is 1. The Bertz CT molecular complexity index is 209. The van der Waals surface area contributed by atoms with Crippen LogP contribution in [-0.4, -0.2) is 45.7 Å². The second-order valence-electron chi connectivity index (χ2n) is 2.68. The Morgan fingerprint density at radius 1 is 1.43 bits per heavy atom. The molecule has 14 heavy (non-hydrogen) atoms. The predicted octanol–water partition coefficient (Wildman–Crippen LogP) is 0.798. The van der Waals surface area contributed by atoms with Crippen molar-refractivity contribution in [1.82, 2.24) is 5.32 Å². The van der Waals surface area contributed by atoms with Crippen LogP contribution in [0, 0.1) is 0 Å². The van der Waals surface area contributed by atoms with Gasteiger partial charge in [-0.2, -0.15) is 8.42 Å². The van der Waals surface area contributed by atoms with Crippen molar-refractivity contribution < 1.29 is 21.8 Å². The van der Waals surface area contributed by atoms with Crippen LogP contribution >= 0.6 is 0 Å². The van der Waals surface area contributed by atoms with Gasteiger partial charge in [-0.3, -0.25) is 8.94 Å². The number of hydrogen-bond donors (Lipinski definition) is 2. The minimum Gasteiger partial charge on any atom is -0.323 e. The van der Waals surface area contributed by atoms with Gasteiger partial charge >= 0.3 is 0 Å². The van der Waals surface area contributed by atoms with Gasteiger partial charge in [0.2, 0.25) is 0 Å². The number of alkyl halides is 2. The summed E-state index contributed by atoms with van der Waals surface area (Å²) in [7, 11) is -0.501. The maximum atomic E-state index is 12.4. The van der Waals surface area contributed by atoms with E-state index in [-0.39, 0.29) is 12.8 Å². The molecule has 0 saturated carbocycles. The smallest absolute Gasteiger partial charge is 0.267 e. The van der Waals surface area contributed by atoms with Crippen LogP contribution in [0.5, 0.6) is 0 Å². The predicted molar refractivity (Wildman–Crippen MR) is 51.5 cm³/mol. The zero-order valence-electron chi connectivity index (χ0n) is 8.33. The summed E-state index contributed by atoms with van der Waals surface area (Å²) in [5, 5.41) is 2.75. The maximum absolute atomic E-state index is 12.4. The molecule has 0 aromatic heterocycles. The summed E-state index contributed by atoms with van der Waals surface area (Å²) in [6.45, 7) is -0.675. The SMILES string of the molecule is CNC.O=S(=O)(O)CC(F)CCCF. The fourth-order valence-corrected chi connectivity index (χ4v) is 1.23. The van der Waals surface area contributed by atoms with E-state index in [4.69, 9.17) is 4.55 Å². The zero-order valence-corrected chi connectivity index (χ0v) is 9.15. The van der Waals surface area contributed by atoms with Gasteiger partial charge in [-0.15, -0.1) is 0 Å². The summed E-state index contributed by atoms with van der Waals surface area (Å²) in [6, 6.07) is 0. The molecule has 0 rings (SSSR count). The Balaban J connectivity index is 0. The highest BCUT2D eigenvalue weighted by molar-refractivity contribution is 7.85. The molecule has 0 aliphatic heterocycles. The van der Waals surface area contributed by atoms with Gasteiger partial charge in [-0.05, 0) is 26.9 Å². The first kappa shape index (κ1) is 16.2. The highest BCUT2D eigenvalue weighted by Gasteiger charge is 2.14. The van der Waals surface area contributed by atoms with Crippen LogP contribution in [0.2, 0.25) is 0 Å². The molecule has 0 radical (unpaired) electrons. The van der Waals surface area contributed by atoms with E-state index in [2.05, 4.69) is 5.32 Å². The van der Waals surface area contributed by atoms with E-state index in [9.17, 15) is 17.2 Å². The zero-order chi connectivity index (χ0) is 11.6. The second-order valence-corrected chi connectivity index (χ2v) is 4.17. The molecule has 0 heterocycles. The molecule has 1 atom stereocenters. The van der Waals surface area contributed by atoms with Crippen molar-refractivity contribution in [1.29, 1.82) is 0 Å². The van der Waals surface area contributed by atoms with Crippen LogP contribution in [0.25, 0.3) is 0 Å². The lowest BCUT2D eigenvalue weighted by molar-refractivity contribution is 0.312. The summed E-state index contributed by atoms with van der Waals surface area (Å²) in [6.07, 6.45) is -1.85. The lowest BCUT2D eigenvalue weighted by Gasteiger charge is -2.02. The highest BCUT2D eigenvalue weighted by Crippen LogP contribution is 2.04. The monoisotopic (exact) mass is 233 g/mol. The third-order valence-corrected chi connectivity index (χ3v) is 1.83. The van der Waals surface area contributed by atoms with E-state index >= 15 is 0 Å². The first-order valence-electron chi connectivity index (χ1n) is 4.11. The van der Waals surface area contributed by atoms with Gasteiger partial charge in [0.1, 0.15) is 11.9 Å². The molecule has 1 unspecified atom stereocenters. The largest absolute Gasteiger partial charge is 0.323 e. The van der Waals surface area contributed by atoms with Crippen molar-refractivity contribution in [3.63, 3.8) is 0 Å². The minimum absolute atomic E-state index is 0.0172. The maximum Gasteiger partial charge on any atom is 0.267 e. The molecule has 0 aliphatic carbocycles. The van der Waals surface area contributed by atoms with E-state index < -0.39 is 28.7 Å². The molecule has 0 fully saturated rings. The lowest BCUT2D eigenvalue weighted by atomic mass is 10.2. The average Bonchev–Trinajstić information content (AvgIpc) is 1.99. The number of hydrogen-bond acceptors (Lipinski definition) is 3. The Morgan fingerprint density at radius 3 is 2.14 bits per heavy atom. The average molecular weight is 233 g/mol. The Morgan fingerprint density at radius 2 is 1.86 bits per heavy atom. The van der Waals surface area contributed by atoms with E-state index in [1.165, 1.54) is 0 Å². The molecular formula is C7H17F2NO3S. The summed E-state index contributed by atoms with van der Waals surface area (Å²) >= 11 is 0. The molecule has 0 saturated heterocycles. The van der Waals surface area contributed by atoms with Gasteiger partial charge in [0.15, 0.2) is 0 Å². The van der Waals surface area contributed by atoms with E-state index in [1.807, 2.05) is 14.1 Å². The fourth-order valence-electron chi connectivity index (χ4n) is 0.611. The van der Waals surface area contributed by atoms with Gasteiger partial charge in [0.05, 0.1) is 6.67 Å². The van der Waals surface area contributed by atoms with Crippen LogP contribution < -0.4 is 5.32 Å². The van der Waals surface area contributed by atoms with Crippen molar-refractivity contribution in [3.05, 3.63) is 0 Å². The third-order valence-electron chi connectivity index (χ3n) is 1.04. The normalized spacial score (nSPS) is 12.9. The van der Waals surface area contributed by atoms with Crippen LogP contribution in [0.15, 0.2) is 0 Å². The summed E-state index contributed by atoms with van der Waals surface area (Å²) in [5.41, 5.74) is 0. The van der Waals surface area contributed by atoms with Gasteiger partial charge in [0, 0.05) is 0 Å². The Hall–Kier alpha value is -0.270. The van der Waals surface area contributed by atoms with E-state index in [0.717, 1.165) is 0 Å². The molecule has 0 aromatic rings. The Labute approximate surface area is 83.4 Å². The third kappa shape index (κ3) is 17.7. The van der Waals surface area contributed by atoms with Crippen molar-refractivity contribution in [2.75, 3.05) is 26.5 Å². The molecule has 88 valence electrons. The molecule has 0 bridgehead atoms. The van der Waals surface area contributed by atoms with Gasteiger partial charge in [-0.25, -0.2) is 4.39 Å². The molecule has 0 spiro atoms. The molecule has 7 heteroatoms. The van der Waals surface area contributed by atoms with Crippen LogP contribution in [-0.2, 0) is 10.1 Å². The van der Waals surface area contributed by atoms with Crippen molar-refractivity contribution in [2.45, 2.75) is 19.0 Å². The molecule has 0 aliphatic rings. The molecular weight excluding hydrogens is 216 g/mol. The van der Waals surface area contributed by atoms with E-state index in [1.54, 1.807) is 0 Å². The lowest BCUT2D eigenvalue weighted by Crippen LogP contribution is -2.16. The molecule has 0 amide bonds. The van der Waals surface area contributed by atoms with Crippen molar-refractivity contribution >= 4 is 10.1 Å². The quantitative estimate of drug-likeness (QED) is 0.689. The van der Waals surface area contributed by atoms with Crippen molar-refractivity contribution in [2.24, 2.45) is 0 Å².